The van der Waals surface area contributed by atoms with Crippen molar-refractivity contribution in [2.75, 3.05) is 40.3 Å². The Morgan fingerprint density at radius 2 is 2.20 bits per heavy atom. The fraction of sp³-hybridized carbons (Fsp3) is 1.00. The highest BCUT2D eigenvalue weighted by molar-refractivity contribution is 4.78. The minimum atomic E-state index is 0.447. The van der Waals surface area contributed by atoms with Crippen molar-refractivity contribution in [2.24, 2.45) is 5.92 Å². The molecule has 3 heteroatoms. The van der Waals surface area contributed by atoms with Gasteiger partial charge in [-0.1, -0.05) is 6.92 Å². The lowest BCUT2D eigenvalue weighted by atomic mass is 9.96. The average molecular weight is 214 g/mol. The van der Waals surface area contributed by atoms with Gasteiger partial charge in [0.15, 0.2) is 0 Å². The number of unbranched alkanes of at least 4 members (excludes halogenated alkanes) is 1. The fourth-order valence-corrected chi connectivity index (χ4v) is 2.24. The van der Waals surface area contributed by atoms with Gasteiger partial charge < -0.3 is 15.0 Å². The van der Waals surface area contributed by atoms with Crippen molar-refractivity contribution in [1.82, 2.24) is 10.2 Å². The highest BCUT2D eigenvalue weighted by Crippen LogP contribution is 2.19. The summed E-state index contributed by atoms with van der Waals surface area (Å²) in [6.07, 6.45) is 4.30. The van der Waals surface area contributed by atoms with Gasteiger partial charge in [-0.15, -0.1) is 0 Å². The van der Waals surface area contributed by atoms with E-state index in [0.717, 1.165) is 19.0 Å². The summed E-state index contributed by atoms with van der Waals surface area (Å²) >= 11 is 0. The van der Waals surface area contributed by atoms with Gasteiger partial charge in [0, 0.05) is 13.7 Å². The van der Waals surface area contributed by atoms with Gasteiger partial charge in [-0.25, -0.2) is 0 Å². The van der Waals surface area contributed by atoms with Gasteiger partial charge in [0.05, 0.1) is 6.10 Å². The van der Waals surface area contributed by atoms with Crippen LogP contribution in [0.2, 0.25) is 0 Å². The van der Waals surface area contributed by atoms with Crippen LogP contribution in [-0.2, 0) is 4.74 Å². The average Bonchev–Trinajstić information content (AvgIpc) is 2.26. The molecule has 1 fully saturated rings. The zero-order valence-electron chi connectivity index (χ0n) is 10.5. The van der Waals surface area contributed by atoms with E-state index in [4.69, 9.17) is 4.74 Å². The molecule has 90 valence electrons. The number of rotatable bonds is 6. The summed E-state index contributed by atoms with van der Waals surface area (Å²) in [7, 11) is 3.86. The first-order valence-corrected chi connectivity index (χ1v) is 6.17. The van der Waals surface area contributed by atoms with Crippen LogP contribution in [-0.4, -0.2) is 51.3 Å². The molecule has 0 aliphatic carbocycles. The molecule has 2 atom stereocenters. The Hall–Kier alpha value is -0.120. The summed E-state index contributed by atoms with van der Waals surface area (Å²) in [6, 6.07) is 0. The number of hydrogen-bond donors (Lipinski definition) is 1. The SMILES string of the molecule is CNCCCCN1CCC(C)C(OC)C1. The summed E-state index contributed by atoms with van der Waals surface area (Å²) in [5.41, 5.74) is 0. The Kier molecular flexibility index (Phi) is 6.22. The fourth-order valence-electron chi connectivity index (χ4n) is 2.24. The van der Waals surface area contributed by atoms with E-state index in [0.29, 0.717) is 6.10 Å². The molecular weight excluding hydrogens is 188 g/mol. The molecule has 1 aliphatic rings. The molecular formula is C12H26N2O. The molecule has 2 unspecified atom stereocenters. The highest BCUT2D eigenvalue weighted by Gasteiger charge is 2.25. The summed E-state index contributed by atoms with van der Waals surface area (Å²) in [5.74, 6) is 0.726. The molecule has 0 amide bonds. The molecule has 1 saturated heterocycles. The lowest BCUT2D eigenvalue weighted by Gasteiger charge is -2.36. The second kappa shape index (κ2) is 7.20. The monoisotopic (exact) mass is 214 g/mol. The number of likely N-dealkylation sites (tertiary alicyclic amines) is 1. The molecule has 3 nitrogen and oxygen atoms in total. The van der Waals surface area contributed by atoms with Gasteiger partial charge in [-0.2, -0.15) is 0 Å². The first kappa shape index (κ1) is 12.9. The number of hydrogen-bond acceptors (Lipinski definition) is 3. The van der Waals surface area contributed by atoms with Crippen molar-refractivity contribution in [2.45, 2.75) is 32.3 Å². The normalized spacial score (nSPS) is 28.2. The molecule has 1 heterocycles. The van der Waals surface area contributed by atoms with E-state index < -0.39 is 0 Å². The first-order valence-electron chi connectivity index (χ1n) is 6.17. The molecule has 1 rings (SSSR count). The highest BCUT2D eigenvalue weighted by atomic mass is 16.5. The third-order valence-electron chi connectivity index (χ3n) is 3.43. The number of ether oxygens (including phenoxy) is 1. The molecule has 0 saturated carbocycles. The van der Waals surface area contributed by atoms with Crippen LogP contribution < -0.4 is 5.32 Å². The standard InChI is InChI=1S/C12H26N2O/c1-11-6-9-14(10-12(11)15-3)8-5-4-7-13-2/h11-13H,4-10H2,1-3H3. The van der Waals surface area contributed by atoms with Crippen LogP contribution in [0.5, 0.6) is 0 Å². The van der Waals surface area contributed by atoms with Crippen LogP contribution in [0.15, 0.2) is 0 Å². The maximum atomic E-state index is 5.51. The van der Waals surface area contributed by atoms with Crippen LogP contribution in [0.3, 0.4) is 0 Å². The molecule has 0 radical (unpaired) electrons. The smallest absolute Gasteiger partial charge is 0.0724 e. The molecule has 1 N–H and O–H groups in total. The summed E-state index contributed by atoms with van der Waals surface area (Å²) < 4.78 is 5.51. The quantitative estimate of drug-likeness (QED) is 0.675. The van der Waals surface area contributed by atoms with E-state index in [-0.39, 0.29) is 0 Å². The van der Waals surface area contributed by atoms with E-state index >= 15 is 0 Å². The van der Waals surface area contributed by atoms with Crippen molar-refractivity contribution in [3.05, 3.63) is 0 Å². The number of nitrogens with zero attached hydrogens (tertiary/aromatic N) is 1. The maximum absolute atomic E-state index is 5.51. The van der Waals surface area contributed by atoms with Gasteiger partial charge in [-0.05, 0) is 51.9 Å². The lowest BCUT2D eigenvalue weighted by molar-refractivity contribution is -0.00520. The summed E-state index contributed by atoms with van der Waals surface area (Å²) in [6.45, 7) is 7.04. The number of methoxy groups -OCH3 is 1. The van der Waals surface area contributed by atoms with Crippen LogP contribution in [0.4, 0.5) is 0 Å². The molecule has 0 aromatic carbocycles. The molecule has 0 aromatic heterocycles. The Balaban J connectivity index is 2.14. The molecule has 0 bridgehead atoms. The van der Waals surface area contributed by atoms with Gasteiger partial charge in [-0.3, -0.25) is 0 Å². The first-order chi connectivity index (χ1) is 7.27. The van der Waals surface area contributed by atoms with Crippen molar-refractivity contribution >= 4 is 0 Å². The predicted molar refractivity (Wildman–Crippen MR) is 64.2 cm³/mol. The van der Waals surface area contributed by atoms with Crippen LogP contribution in [0, 0.1) is 5.92 Å². The predicted octanol–water partition coefficient (Wildman–Crippen LogP) is 1.34. The number of piperidine rings is 1. The van der Waals surface area contributed by atoms with E-state index in [9.17, 15) is 0 Å². The lowest BCUT2D eigenvalue weighted by Crippen LogP contribution is -2.44. The molecule has 0 spiro atoms. The van der Waals surface area contributed by atoms with Crippen molar-refractivity contribution < 1.29 is 4.74 Å². The minimum absolute atomic E-state index is 0.447. The largest absolute Gasteiger partial charge is 0.380 e. The minimum Gasteiger partial charge on any atom is -0.380 e. The third kappa shape index (κ3) is 4.49. The zero-order chi connectivity index (χ0) is 11.1. The second-order valence-electron chi connectivity index (χ2n) is 4.65. The van der Waals surface area contributed by atoms with E-state index in [1.54, 1.807) is 0 Å². The summed E-state index contributed by atoms with van der Waals surface area (Å²) in [4.78, 5) is 2.55. The van der Waals surface area contributed by atoms with Crippen LogP contribution in [0.1, 0.15) is 26.2 Å². The maximum Gasteiger partial charge on any atom is 0.0724 e. The van der Waals surface area contributed by atoms with E-state index in [2.05, 4.69) is 17.1 Å². The zero-order valence-corrected chi connectivity index (χ0v) is 10.5. The Bertz CT molecular complexity index is 164. The van der Waals surface area contributed by atoms with E-state index in [1.165, 1.54) is 32.4 Å². The van der Waals surface area contributed by atoms with Gasteiger partial charge >= 0.3 is 0 Å². The van der Waals surface area contributed by atoms with Crippen LogP contribution in [0.25, 0.3) is 0 Å². The second-order valence-corrected chi connectivity index (χ2v) is 4.65. The van der Waals surface area contributed by atoms with Gasteiger partial charge in [0.25, 0.3) is 0 Å². The summed E-state index contributed by atoms with van der Waals surface area (Å²) in [5, 5.41) is 3.19. The van der Waals surface area contributed by atoms with Crippen LogP contribution >= 0.6 is 0 Å². The molecule has 0 aromatic rings. The van der Waals surface area contributed by atoms with Crippen molar-refractivity contribution in [1.29, 1.82) is 0 Å². The van der Waals surface area contributed by atoms with Gasteiger partial charge in [0.2, 0.25) is 0 Å². The molecule has 1 aliphatic heterocycles. The van der Waals surface area contributed by atoms with Crippen molar-refractivity contribution in [3.63, 3.8) is 0 Å². The number of nitrogens with one attached hydrogen (secondary N) is 1. The van der Waals surface area contributed by atoms with E-state index in [1.807, 2.05) is 14.2 Å². The third-order valence-corrected chi connectivity index (χ3v) is 3.43. The van der Waals surface area contributed by atoms with Crippen molar-refractivity contribution in [3.8, 4) is 0 Å². The Morgan fingerprint density at radius 3 is 2.87 bits per heavy atom. The topological polar surface area (TPSA) is 24.5 Å². The molecule has 15 heavy (non-hydrogen) atoms. The Morgan fingerprint density at radius 1 is 1.40 bits per heavy atom. The Labute approximate surface area is 94.2 Å². The van der Waals surface area contributed by atoms with Gasteiger partial charge in [0.1, 0.15) is 0 Å².